The molecule has 0 atom stereocenters. The van der Waals surface area contributed by atoms with Gasteiger partial charge >= 0.3 is 0 Å². The SMILES string of the molecule is O=C(c1ccco1)N1CCN(C2=NC=CN3C2=CCC=C3c2cccs2)CC1. The molecule has 0 aromatic carbocycles. The van der Waals surface area contributed by atoms with Crippen molar-refractivity contribution in [3.63, 3.8) is 0 Å². The highest BCUT2D eigenvalue weighted by atomic mass is 32.1. The molecule has 1 saturated heterocycles. The molecule has 0 spiro atoms. The van der Waals surface area contributed by atoms with Gasteiger partial charge in [0.25, 0.3) is 5.91 Å². The Balaban J connectivity index is 1.30. The minimum atomic E-state index is -0.0449. The number of allylic oxidation sites excluding steroid dienone is 2. The number of thiophene rings is 1. The maximum absolute atomic E-state index is 12.5. The van der Waals surface area contributed by atoms with Crippen LogP contribution < -0.4 is 0 Å². The van der Waals surface area contributed by atoms with E-state index in [2.05, 4.69) is 44.5 Å². The van der Waals surface area contributed by atoms with Gasteiger partial charge < -0.3 is 19.1 Å². The third-order valence-electron chi connectivity index (χ3n) is 5.16. The van der Waals surface area contributed by atoms with Gasteiger partial charge in [0.2, 0.25) is 0 Å². The van der Waals surface area contributed by atoms with Gasteiger partial charge in [-0.1, -0.05) is 18.2 Å². The highest BCUT2D eigenvalue weighted by Crippen LogP contribution is 2.34. The van der Waals surface area contributed by atoms with Gasteiger partial charge in [-0.05, 0) is 30.0 Å². The molecule has 142 valence electrons. The van der Waals surface area contributed by atoms with E-state index in [4.69, 9.17) is 4.42 Å². The molecule has 2 aromatic rings. The zero-order chi connectivity index (χ0) is 18.9. The second-order valence-corrected chi connectivity index (χ2v) is 7.72. The number of amides is 1. The first-order valence-corrected chi connectivity index (χ1v) is 10.3. The van der Waals surface area contributed by atoms with Crippen LogP contribution in [0.15, 0.2) is 75.6 Å². The van der Waals surface area contributed by atoms with E-state index in [0.29, 0.717) is 18.8 Å². The van der Waals surface area contributed by atoms with Crippen LogP contribution in [0.5, 0.6) is 0 Å². The maximum atomic E-state index is 12.5. The van der Waals surface area contributed by atoms with Crippen LogP contribution >= 0.6 is 11.3 Å². The number of amidine groups is 1. The topological polar surface area (TPSA) is 52.3 Å². The zero-order valence-corrected chi connectivity index (χ0v) is 16.1. The van der Waals surface area contributed by atoms with Crippen LogP contribution in [0.3, 0.4) is 0 Å². The van der Waals surface area contributed by atoms with Crippen LogP contribution in [0.1, 0.15) is 21.9 Å². The minimum Gasteiger partial charge on any atom is -0.459 e. The van der Waals surface area contributed by atoms with E-state index < -0.39 is 0 Å². The molecule has 28 heavy (non-hydrogen) atoms. The molecule has 0 N–H and O–H groups in total. The number of carbonyl (C=O) groups is 1. The van der Waals surface area contributed by atoms with E-state index in [1.165, 1.54) is 16.8 Å². The summed E-state index contributed by atoms with van der Waals surface area (Å²) in [5, 5.41) is 2.10. The average Bonchev–Trinajstić information content (AvgIpc) is 3.47. The Morgan fingerprint density at radius 3 is 2.68 bits per heavy atom. The lowest BCUT2D eigenvalue weighted by Gasteiger charge is -2.40. The van der Waals surface area contributed by atoms with Crippen LogP contribution in [0.2, 0.25) is 0 Å². The summed E-state index contributed by atoms with van der Waals surface area (Å²) in [6.07, 6.45) is 10.8. The highest BCUT2D eigenvalue weighted by molar-refractivity contribution is 7.11. The van der Waals surface area contributed by atoms with Crippen molar-refractivity contribution >= 4 is 28.8 Å². The molecule has 2 aromatic heterocycles. The fourth-order valence-electron chi connectivity index (χ4n) is 3.77. The largest absolute Gasteiger partial charge is 0.459 e. The molecular formula is C21H20N4O2S. The summed E-state index contributed by atoms with van der Waals surface area (Å²) in [6, 6.07) is 7.69. The summed E-state index contributed by atoms with van der Waals surface area (Å²) in [6.45, 7) is 2.82. The number of fused-ring (bicyclic) bond motifs is 1. The summed E-state index contributed by atoms with van der Waals surface area (Å²) in [4.78, 5) is 24.8. The summed E-state index contributed by atoms with van der Waals surface area (Å²) < 4.78 is 5.25. The monoisotopic (exact) mass is 392 g/mol. The van der Waals surface area contributed by atoms with Gasteiger partial charge in [0.15, 0.2) is 11.6 Å². The van der Waals surface area contributed by atoms with Gasteiger partial charge in [0.05, 0.1) is 22.5 Å². The molecule has 1 fully saturated rings. The van der Waals surface area contributed by atoms with Gasteiger partial charge in [-0.25, -0.2) is 4.99 Å². The van der Waals surface area contributed by atoms with Crippen molar-refractivity contribution in [3.8, 4) is 0 Å². The molecule has 5 heterocycles. The summed E-state index contributed by atoms with van der Waals surface area (Å²) in [5.74, 6) is 1.34. The molecule has 6 nitrogen and oxygen atoms in total. The Kier molecular flexibility index (Phi) is 4.37. The second-order valence-electron chi connectivity index (χ2n) is 6.77. The number of furan rings is 1. The number of carbonyl (C=O) groups excluding carboxylic acids is 1. The molecule has 0 unspecified atom stereocenters. The maximum Gasteiger partial charge on any atom is 0.289 e. The predicted molar refractivity (Wildman–Crippen MR) is 110 cm³/mol. The van der Waals surface area contributed by atoms with Gasteiger partial charge in [-0.3, -0.25) is 4.79 Å². The number of hydrogen-bond donors (Lipinski definition) is 0. The molecule has 1 amide bonds. The predicted octanol–water partition coefficient (Wildman–Crippen LogP) is 3.61. The van der Waals surface area contributed by atoms with Crippen molar-refractivity contribution in [2.75, 3.05) is 26.2 Å². The molecule has 0 saturated carbocycles. The Bertz CT molecular complexity index is 978. The molecule has 5 rings (SSSR count). The molecule has 0 radical (unpaired) electrons. The lowest BCUT2D eigenvalue weighted by atomic mass is 10.1. The Hall–Kier alpha value is -3.06. The van der Waals surface area contributed by atoms with Crippen LogP contribution in [-0.4, -0.2) is 52.6 Å². The van der Waals surface area contributed by atoms with E-state index in [1.54, 1.807) is 23.5 Å². The molecule has 7 heteroatoms. The summed E-state index contributed by atoms with van der Waals surface area (Å²) >= 11 is 1.75. The Morgan fingerprint density at radius 1 is 1.07 bits per heavy atom. The molecule has 3 aliphatic heterocycles. The number of piperazine rings is 1. The number of aliphatic imine (C=N–C) groups is 1. The van der Waals surface area contributed by atoms with Gasteiger partial charge in [0.1, 0.15) is 0 Å². The van der Waals surface area contributed by atoms with E-state index in [1.807, 2.05) is 17.3 Å². The fraction of sp³-hybridized carbons (Fsp3) is 0.238. The van der Waals surface area contributed by atoms with Gasteiger partial charge in [0, 0.05) is 38.6 Å². The van der Waals surface area contributed by atoms with Crippen LogP contribution in [0.25, 0.3) is 5.70 Å². The van der Waals surface area contributed by atoms with Crippen LogP contribution in [0, 0.1) is 0 Å². The standard InChI is InChI=1S/C21H20N4O2S/c26-21(18-6-2-14-27-18)24-12-10-23(11-13-24)20-17-5-1-4-16(19-7-3-15-28-19)25(17)9-8-22-20/h2-9,14-15H,1,10-13H2. The van der Waals surface area contributed by atoms with Crippen LogP contribution in [-0.2, 0) is 0 Å². The third-order valence-corrected chi connectivity index (χ3v) is 6.05. The van der Waals surface area contributed by atoms with Crippen molar-refractivity contribution < 1.29 is 9.21 Å². The number of rotatable bonds is 2. The summed E-state index contributed by atoms with van der Waals surface area (Å²) in [7, 11) is 0. The summed E-state index contributed by atoms with van der Waals surface area (Å²) in [5.41, 5.74) is 2.34. The van der Waals surface area contributed by atoms with Crippen molar-refractivity contribution in [1.82, 2.24) is 14.7 Å². The van der Waals surface area contributed by atoms with E-state index >= 15 is 0 Å². The van der Waals surface area contributed by atoms with Crippen LogP contribution in [0.4, 0.5) is 0 Å². The lowest BCUT2D eigenvalue weighted by molar-refractivity contribution is 0.0659. The quantitative estimate of drug-likeness (QED) is 0.783. The van der Waals surface area contributed by atoms with E-state index in [9.17, 15) is 4.79 Å². The number of hydrogen-bond acceptors (Lipinski definition) is 6. The first-order valence-electron chi connectivity index (χ1n) is 9.37. The van der Waals surface area contributed by atoms with Gasteiger partial charge in [-0.2, -0.15) is 0 Å². The number of nitrogens with zero attached hydrogens (tertiary/aromatic N) is 4. The fourth-order valence-corrected chi connectivity index (χ4v) is 4.53. The smallest absolute Gasteiger partial charge is 0.289 e. The van der Waals surface area contributed by atoms with Crippen molar-refractivity contribution in [3.05, 3.63) is 76.8 Å². The Labute approximate surface area is 167 Å². The second kappa shape index (κ2) is 7.16. The highest BCUT2D eigenvalue weighted by Gasteiger charge is 2.30. The normalized spacial score (nSPS) is 19.1. The van der Waals surface area contributed by atoms with Crippen molar-refractivity contribution in [1.29, 1.82) is 0 Å². The Morgan fingerprint density at radius 2 is 1.93 bits per heavy atom. The minimum absolute atomic E-state index is 0.0449. The van der Waals surface area contributed by atoms with E-state index in [-0.39, 0.29) is 5.91 Å². The first kappa shape index (κ1) is 17.1. The molecule has 3 aliphatic rings. The van der Waals surface area contributed by atoms with Crippen molar-refractivity contribution in [2.24, 2.45) is 4.99 Å². The first-order chi connectivity index (χ1) is 13.8. The van der Waals surface area contributed by atoms with Crippen molar-refractivity contribution in [2.45, 2.75) is 6.42 Å². The molecule has 0 aliphatic carbocycles. The third kappa shape index (κ3) is 2.97. The molecule has 0 bridgehead atoms. The van der Waals surface area contributed by atoms with Gasteiger partial charge in [-0.15, -0.1) is 11.3 Å². The average molecular weight is 392 g/mol. The molecular weight excluding hydrogens is 372 g/mol. The van der Waals surface area contributed by atoms with E-state index in [0.717, 1.165) is 31.0 Å². The zero-order valence-electron chi connectivity index (χ0n) is 15.3. The lowest BCUT2D eigenvalue weighted by Crippen LogP contribution is -2.52.